The summed E-state index contributed by atoms with van der Waals surface area (Å²) in [6.07, 6.45) is 0. The average Bonchev–Trinajstić information content (AvgIpc) is 1.85. The van der Waals surface area contributed by atoms with E-state index in [2.05, 4.69) is 13.8 Å². The standard InChI is InChI=1S/C5H6S3/c1-3-4(2)8-5(6)7-3/h1-2H3/i1+1,2+1. The van der Waals surface area contributed by atoms with Crippen molar-refractivity contribution in [2.24, 2.45) is 0 Å². The van der Waals surface area contributed by atoms with Crippen LogP contribution in [0.15, 0.2) is 0 Å². The quantitative estimate of drug-likeness (QED) is 0.419. The van der Waals surface area contributed by atoms with E-state index in [1.807, 2.05) is 0 Å². The first-order valence-electron chi connectivity index (χ1n) is 2.27. The second-order valence-corrected chi connectivity index (χ2v) is 5.20. The van der Waals surface area contributed by atoms with Crippen molar-refractivity contribution in [3.8, 4) is 0 Å². The molecule has 0 unspecified atom stereocenters. The van der Waals surface area contributed by atoms with Gasteiger partial charge in [0.1, 0.15) is 3.14 Å². The van der Waals surface area contributed by atoms with Crippen molar-refractivity contribution in [2.45, 2.75) is 13.8 Å². The van der Waals surface area contributed by atoms with E-state index in [1.54, 1.807) is 22.7 Å². The number of hydrogen-bond donors (Lipinski definition) is 0. The molecule has 0 aromatic carbocycles. The fraction of sp³-hybridized carbons (Fsp3) is 0.400. The van der Waals surface area contributed by atoms with Crippen molar-refractivity contribution in [3.63, 3.8) is 0 Å². The maximum atomic E-state index is 4.96. The van der Waals surface area contributed by atoms with E-state index in [9.17, 15) is 0 Å². The summed E-state index contributed by atoms with van der Waals surface area (Å²) in [6.45, 7) is 4.21. The number of hydrogen-bond acceptors (Lipinski definition) is 3. The topological polar surface area (TPSA) is 0 Å². The van der Waals surface area contributed by atoms with Crippen molar-refractivity contribution in [1.82, 2.24) is 0 Å². The first-order valence-corrected chi connectivity index (χ1v) is 4.31. The Bertz CT molecular complexity index is 208. The lowest BCUT2D eigenvalue weighted by molar-refractivity contribution is 1.51. The Hall–Kier alpha value is 0.270. The molecule has 0 nitrogen and oxygen atoms in total. The van der Waals surface area contributed by atoms with Gasteiger partial charge in [0.15, 0.2) is 0 Å². The minimum absolute atomic E-state index is 1.04. The van der Waals surface area contributed by atoms with Gasteiger partial charge in [0.25, 0.3) is 0 Å². The molecule has 1 aromatic heterocycles. The first kappa shape index (κ1) is 6.39. The molecule has 0 radical (unpaired) electrons. The Labute approximate surface area is 61.8 Å². The Morgan fingerprint density at radius 2 is 1.50 bits per heavy atom. The zero-order chi connectivity index (χ0) is 6.15. The van der Waals surface area contributed by atoms with Crippen molar-refractivity contribution in [3.05, 3.63) is 12.9 Å². The third-order valence-electron chi connectivity index (χ3n) is 0.969. The summed E-state index contributed by atoms with van der Waals surface area (Å²) in [7, 11) is 0. The minimum atomic E-state index is 1.04. The first-order chi connectivity index (χ1) is 3.70. The highest BCUT2D eigenvalue weighted by atomic mass is 32.2. The zero-order valence-electron chi connectivity index (χ0n) is 4.72. The van der Waals surface area contributed by atoms with Crippen molar-refractivity contribution in [2.75, 3.05) is 0 Å². The molecule has 1 rings (SSSR count). The molecule has 0 aliphatic heterocycles. The van der Waals surface area contributed by atoms with E-state index in [1.165, 1.54) is 9.75 Å². The van der Waals surface area contributed by atoms with E-state index >= 15 is 0 Å². The Kier molecular flexibility index (Phi) is 1.80. The molecule has 8 heavy (non-hydrogen) atoms. The SMILES string of the molecule is [13CH3]c1sc(=S)sc1[13CH3]. The molecule has 0 saturated carbocycles. The van der Waals surface area contributed by atoms with Crippen LogP contribution in [0.3, 0.4) is 0 Å². The number of rotatable bonds is 0. The lowest BCUT2D eigenvalue weighted by Crippen LogP contribution is -1.58. The second kappa shape index (κ2) is 2.25. The molecule has 0 N–H and O–H groups in total. The van der Waals surface area contributed by atoms with Crippen LogP contribution in [0.4, 0.5) is 0 Å². The van der Waals surface area contributed by atoms with Gasteiger partial charge in [-0.05, 0) is 13.8 Å². The van der Waals surface area contributed by atoms with Gasteiger partial charge in [-0.3, -0.25) is 0 Å². The van der Waals surface area contributed by atoms with Gasteiger partial charge in [-0.25, -0.2) is 0 Å². The molecule has 0 aliphatic rings. The molecule has 0 atom stereocenters. The maximum Gasteiger partial charge on any atom is 0.144 e. The van der Waals surface area contributed by atoms with Gasteiger partial charge in [0.05, 0.1) is 0 Å². The molecule has 0 spiro atoms. The fourth-order valence-corrected chi connectivity index (χ4v) is 3.12. The van der Waals surface area contributed by atoms with Crippen LogP contribution in [0.5, 0.6) is 0 Å². The van der Waals surface area contributed by atoms with E-state index < -0.39 is 0 Å². The third kappa shape index (κ3) is 1.16. The maximum absolute atomic E-state index is 4.96. The molecule has 0 aliphatic carbocycles. The molecular formula is C5H6S3. The van der Waals surface area contributed by atoms with Gasteiger partial charge in [0, 0.05) is 9.75 Å². The third-order valence-corrected chi connectivity index (χ3v) is 3.66. The summed E-state index contributed by atoms with van der Waals surface area (Å²) in [5, 5.41) is 0. The zero-order valence-corrected chi connectivity index (χ0v) is 7.17. The number of aryl methyl sites for hydroxylation is 2. The van der Waals surface area contributed by atoms with E-state index in [4.69, 9.17) is 12.2 Å². The summed E-state index contributed by atoms with van der Waals surface area (Å²) in [4.78, 5) is 2.72. The highest BCUT2D eigenvalue weighted by Gasteiger charge is 1.92. The normalized spacial score (nSPS) is 9.75. The molecule has 1 aromatic rings. The average molecular weight is 164 g/mol. The van der Waals surface area contributed by atoms with Crippen LogP contribution < -0.4 is 0 Å². The van der Waals surface area contributed by atoms with Crippen molar-refractivity contribution >= 4 is 34.9 Å². The molecular weight excluding hydrogens is 158 g/mol. The summed E-state index contributed by atoms with van der Waals surface area (Å²) >= 11 is 8.36. The lowest BCUT2D eigenvalue weighted by atomic mass is 10.7. The Morgan fingerprint density at radius 1 is 1.12 bits per heavy atom. The molecule has 0 fully saturated rings. The van der Waals surface area contributed by atoms with E-state index in [0.717, 1.165) is 3.14 Å². The van der Waals surface area contributed by atoms with Crippen LogP contribution >= 0.6 is 34.9 Å². The smallest absolute Gasteiger partial charge is 0.118 e. The molecule has 1 heterocycles. The summed E-state index contributed by atoms with van der Waals surface area (Å²) in [5.41, 5.74) is 0. The summed E-state index contributed by atoms with van der Waals surface area (Å²) < 4.78 is 1.04. The van der Waals surface area contributed by atoms with Gasteiger partial charge in [-0.15, -0.1) is 22.7 Å². The summed E-state index contributed by atoms with van der Waals surface area (Å²) in [6, 6.07) is 0. The molecule has 44 valence electrons. The predicted octanol–water partition coefficient (Wildman–Crippen LogP) is 3.16. The largest absolute Gasteiger partial charge is 0.144 e. The minimum Gasteiger partial charge on any atom is -0.118 e. The highest BCUT2D eigenvalue weighted by molar-refractivity contribution is 7.76. The molecule has 0 saturated heterocycles. The molecule has 3 heteroatoms. The van der Waals surface area contributed by atoms with Crippen LogP contribution in [0.2, 0.25) is 0 Å². The second-order valence-electron chi connectivity index (χ2n) is 1.57. The Balaban J connectivity index is 3.35. The van der Waals surface area contributed by atoms with Crippen molar-refractivity contribution < 1.29 is 0 Å². The highest BCUT2D eigenvalue weighted by Crippen LogP contribution is 2.21. The predicted molar refractivity (Wildman–Crippen MR) is 42.5 cm³/mol. The van der Waals surface area contributed by atoms with Gasteiger partial charge in [-0.2, -0.15) is 0 Å². The lowest BCUT2D eigenvalue weighted by Gasteiger charge is -1.77. The fourth-order valence-electron chi connectivity index (χ4n) is 0.415. The van der Waals surface area contributed by atoms with Gasteiger partial charge < -0.3 is 0 Å². The van der Waals surface area contributed by atoms with E-state index in [0.29, 0.717) is 0 Å². The van der Waals surface area contributed by atoms with Gasteiger partial charge in [-0.1, -0.05) is 12.2 Å². The van der Waals surface area contributed by atoms with Gasteiger partial charge in [0.2, 0.25) is 0 Å². The van der Waals surface area contributed by atoms with Crippen LogP contribution in [-0.4, -0.2) is 0 Å². The van der Waals surface area contributed by atoms with Crippen LogP contribution in [0.25, 0.3) is 0 Å². The monoisotopic (exact) mass is 164 g/mol. The van der Waals surface area contributed by atoms with Crippen LogP contribution in [0, 0.1) is 17.0 Å². The van der Waals surface area contributed by atoms with Crippen LogP contribution in [0.1, 0.15) is 9.75 Å². The van der Waals surface area contributed by atoms with Gasteiger partial charge >= 0.3 is 0 Å². The summed E-state index contributed by atoms with van der Waals surface area (Å²) in [5.74, 6) is 0. The van der Waals surface area contributed by atoms with E-state index in [-0.39, 0.29) is 0 Å². The molecule has 0 bridgehead atoms. The van der Waals surface area contributed by atoms with Crippen molar-refractivity contribution in [1.29, 1.82) is 0 Å². The Morgan fingerprint density at radius 3 is 1.62 bits per heavy atom. The molecule has 0 amide bonds. The van der Waals surface area contributed by atoms with Crippen LogP contribution in [-0.2, 0) is 0 Å².